The van der Waals surface area contributed by atoms with Gasteiger partial charge >= 0.3 is 0 Å². The molecule has 0 unspecified atom stereocenters. The first-order valence-corrected chi connectivity index (χ1v) is 10.4. The minimum atomic E-state index is -0.0980. The summed E-state index contributed by atoms with van der Waals surface area (Å²) in [6.07, 6.45) is 0.684. The van der Waals surface area contributed by atoms with Crippen LogP contribution in [0.4, 0.5) is 11.4 Å². The molecule has 1 N–H and O–H groups in total. The fourth-order valence-electron chi connectivity index (χ4n) is 3.37. The molecule has 0 fully saturated rings. The van der Waals surface area contributed by atoms with Crippen LogP contribution in [0.15, 0.2) is 72.8 Å². The zero-order valence-electron chi connectivity index (χ0n) is 18.2. The Hall–Kier alpha value is -3.60. The Kier molecular flexibility index (Phi) is 7.44. The standard InChI is InChI=1S/C26H28N2O3/c1-4-26(30)28(18-21-7-5-6-19(2)16-21)23-12-8-20(9-13-23)17-25(29)27-22-10-14-24(31-3)15-11-22/h5-16H,4,17-18H2,1-3H3,(H,27,29). The Balaban J connectivity index is 1.67. The van der Waals surface area contributed by atoms with E-state index >= 15 is 0 Å². The van der Waals surface area contributed by atoms with E-state index < -0.39 is 0 Å². The second kappa shape index (κ2) is 10.4. The maximum atomic E-state index is 12.6. The SMILES string of the molecule is CCC(=O)N(Cc1cccc(C)c1)c1ccc(CC(=O)Nc2ccc(OC)cc2)cc1. The molecule has 0 heterocycles. The Labute approximate surface area is 183 Å². The van der Waals surface area contributed by atoms with E-state index in [0.717, 1.165) is 28.3 Å². The van der Waals surface area contributed by atoms with Crippen LogP contribution in [-0.2, 0) is 22.6 Å². The van der Waals surface area contributed by atoms with Gasteiger partial charge in [0.1, 0.15) is 5.75 Å². The third-order valence-corrected chi connectivity index (χ3v) is 5.01. The summed E-state index contributed by atoms with van der Waals surface area (Å²) in [7, 11) is 1.60. The van der Waals surface area contributed by atoms with Crippen LogP contribution in [0.25, 0.3) is 0 Å². The third kappa shape index (κ3) is 6.19. The molecule has 0 radical (unpaired) electrons. The number of aryl methyl sites for hydroxylation is 1. The van der Waals surface area contributed by atoms with E-state index in [-0.39, 0.29) is 18.2 Å². The zero-order valence-corrected chi connectivity index (χ0v) is 18.2. The van der Waals surface area contributed by atoms with Gasteiger partial charge in [-0.25, -0.2) is 0 Å². The molecule has 5 nitrogen and oxygen atoms in total. The molecule has 0 aliphatic heterocycles. The second-order valence-electron chi connectivity index (χ2n) is 7.44. The van der Waals surface area contributed by atoms with Gasteiger partial charge in [0.15, 0.2) is 0 Å². The van der Waals surface area contributed by atoms with Gasteiger partial charge in [-0.05, 0) is 54.4 Å². The van der Waals surface area contributed by atoms with Crippen LogP contribution in [-0.4, -0.2) is 18.9 Å². The maximum Gasteiger partial charge on any atom is 0.228 e. The predicted octanol–water partition coefficient (Wildman–Crippen LogP) is 5.13. The van der Waals surface area contributed by atoms with Crippen molar-refractivity contribution >= 4 is 23.2 Å². The molecule has 0 aliphatic rings. The Morgan fingerprint density at radius 2 is 1.65 bits per heavy atom. The number of hydrogen-bond donors (Lipinski definition) is 1. The Morgan fingerprint density at radius 3 is 2.26 bits per heavy atom. The highest BCUT2D eigenvalue weighted by Gasteiger charge is 2.15. The lowest BCUT2D eigenvalue weighted by molar-refractivity contribution is -0.118. The molecule has 3 aromatic rings. The van der Waals surface area contributed by atoms with Gasteiger partial charge < -0.3 is 15.0 Å². The molecule has 0 bridgehead atoms. The topological polar surface area (TPSA) is 58.6 Å². The maximum absolute atomic E-state index is 12.6. The summed E-state index contributed by atoms with van der Waals surface area (Å²) in [4.78, 5) is 26.7. The van der Waals surface area contributed by atoms with Crippen molar-refractivity contribution in [1.29, 1.82) is 0 Å². The number of ether oxygens (including phenoxy) is 1. The summed E-state index contributed by atoms with van der Waals surface area (Å²) in [6, 6.07) is 23.0. The number of rotatable bonds is 8. The highest BCUT2D eigenvalue weighted by molar-refractivity contribution is 5.94. The van der Waals surface area contributed by atoms with Gasteiger partial charge in [-0.3, -0.25) is 9.59 Å². The number of nitrogens with one attached hydrogen (secondary N) is 1. The van der Waals surface area contributed by atoms with Crippen molar-refractivity contribution in [2.45, 2.75) is 33.2 Å². The lowest BCUT2D eigenvalue weighted by atomic mass is 10.1. The van der Waals surface area contributed by atoms with Crippen LogP contribution in [0.5, 0.6) is 5.75 Å². The number of anilines is 2. The van der Waals surface area contributed by atoms with Gasteiger partial charge in [-0.2, -0.15) is 0 Å². The quantitative estimate of drug-likeness (QED) is 0.554. The van der Waals surface area contributed by atoms with Gasteiger partial charge in [0.2, 0.25) is 11.8 Å². The first-order valence-electron chi connectivity index (χ1n) is 10.4. The van der Waals surface area contributed by atoms with E-state index in [2.05, 4.69) is 11.4 Å². The molecule has 0 aromatic heterocycles. The molecule has 0 atom stereocenters. The first-order chi connectivity index (χ1) is 15.0. The van der Waals surface area contributed by atoms with Gasteiger partial charge in [0, 0.05) is 17.8 Å². The predicted molar refractivity (Wildman–Crippen MR) is 124 cm³/mol. The van der Waals surface area contributed by atoms with E-state index in [0.29, 0.717) is 13.0 Å². The minimum absolute atomic E-state index is 0.0616. The molecule has 3 rings (SSSR count). The Morgan fingerprint density at radius 1 is 0.935 bits per heavy atom. The van der Waals surface area contributed by atoms with E-state index in [4.69, 9.17) is 4.74 Å². The number of benzene rings is 3. The van der Waals surface area contributed by atoms with Crippen LogP contribution in [0.2, 0.25) is 0 Å². The van der Waals surface area contributed by atoms with Crippen molar-refractivity contribution in [3.05, 3.63) is 89.5 Å². The van der Waals surface area contributed by atoms with E-state index in [9.17, 15) is 9.59 Å². The number of hydrogen-bond acceptors (Lipinski definition) is 3. The van der Waals surface area contributed by atoms with E-state index in [1.54, 1.807) is 36.3 Å². The second-order valence-corrected chi connectivity index (χ2v) is 7.44. The van der Waals surface area contributed by atoms with E-state index in [1.165, 1.54) is 5.56 Å². The van der Waals surface area contributed by atoms with Gasteiger partial charge in [-0.1, -0.05) is 48.9 Å². The van der Waals surface area contributed by atoms with Crippen molar-refractivity contribution in [3.8, 4) is 5.75 Å². The van der Waals surface area contributed by atoms with Crippen LogP contribution >= 0.6 is 0 Å². The average Bonchev–Trinajstić information content (AvgIpc) is 2.78. The largest absolute Gasteiger partial charge is 0.497 e. The normalized spacial score (nSPS) is 10.4. The monoisotopic (exact) mass is 416 g/mol. The van der Waals surface area contributed by atoms with Gasteiger partial charge in [0.05, 0.1) is 20.1 Å². The molecule has 160 valence electrons. The minimum Gasteiger partial charge on any atom is -0.497 e. The van der Waals surface area contributed by atoms with Crippen LogP contribution < -0.4 is 15.0 Å². The average molecular weight is 417 g/mol. The van der Waals surface area contributed by atoms with Crippen molar-refractivity contribution in [3.63, 3.8) is 0 Å². The van der Waals surface area contributed by atoms with Crippen molar-refractivity contribution in [2.24, 2.45) is 0 Å². The van der Waals surface area contributed by atoms with Crippen molar-refractivity contribution in [2.75, 3.05) is 17.3 Å². The van der Waals surface area contributed by atoms with E-state index in [1.807, 2.05) is 56.3 Å². The smallest absolute Gasteiger partial charge is 0.228 e. The summed E-state index contributed by atoms with van der Waals surface area (Å²) >= 11 is 0. The lowest BCUT2D eigenvalue weighted by Crippen LogP contribution is -2.29. The molecule has 2 amide bonds. The van der Waals surface area contributed by atoms with Gasteiger partial charge in [0.25, 0.3) is 0 Å². The molecule has 31 heavy (non-hydrogen) atoms. The number of methoxy groups -OCH3 is 1. The molecule has 3 aromatic carbocycles. The third-order valence-electron chi connectivity index (χ3n) is 5.01. The number of amides is 2. The molecular weight excluding hydrogens is 388 g/mol. The highest BCUT2D eigenvalue weighted by Crippen LogP contribution is 2.21. The van der Waals surface area contributed by atoms with Crippen LogP contribution in [0, 0.1) is 6.92 Å². The summed E-state index contributed by atoms with van der Waals surface area (Å²) in [5.41, 5.74) is 4.69. The molecule has 0 saturated carbocycles. The van der Waals surface area contributed by atoms with Crippen molar-refractivity contribution < 1.29 is 14.3 Å². The first kappa shape index (κ1) is 22.1. The summed E-state index contributed by atoms with van der Waals surface area (Å²) < 4.78 is 5.13. The summed E-state index contributed by atoms with van der Waals surface area (Å²) in [5, 5.41) is 2.89. The van der Waals surface area contributed by atoms with Gasteiger partial charge in [-0.15, -0.1) is 0 Å². The molecule has 0 aliphatic carbocycles. The number of carbonyl (C=O) groups excluding carboxylic acids is 2. The highest BCUT2D eigenvalue weighted by atomic mass is 16.5. The lowest BCUT2D eigenvalue weighted by Gasteiger charge is -2.23. The van der Waals surface area contributed by atoms with Crippen LogP contribution in [0.3, 0.4) is 0 Å². The fourth-order valence-corrected chi connectivity index (χ4v) is 3.37. The number of nitrogens with zero attached hydrogens (tertiary/aromatic N) is 1. The van der Waals surface area contributed by atoms with Crippen LogP contribution in [0.1, 0.15) is 30.0 Å². The molecule has 0 saturated heterocycles. The summed E-state index contributed by atoms with van der Waals surface area (Å²) in [6.45, 7) is 4.43. The fraction of sp³-hybridized carbons (Fsp3) is 0.231. The number of carbonyl (C=O) groups is 2. The molecule has 0 spiro atoms. The zero-order chi connectivity index (χ0) is 22.2. The molecular formula is C26H28N2O3. The van der Waals surface area contributed by atoms with Crippen molar-refractivity contribution in [1.82, 2.24) is 0 Å². The summed E-state index contributed by atoms with van der Waals surface area (Å²) in [5.74, 6) is 0.705. The molecule has 5 heteroatoms. The Bertz CT molecular complexity index is 1030.